The normalized spacial score (nSPS) is 23.6. The van der Waals surface area contributed by atoms with Crippen LogP contribution < -0.4 is 5.73 Å². The molecule has 19 heavy (non-hydrogen) atoms. The summed E-state index contributed by atoms with van der Waals surface area (Å²) in [6.07, 6.45) is -0.421. The third-order valence-electron chi connectivity index (χ3n) is 3.34. The summed E-state index contributed by atoms with van der Waals surface area (Å²) >= 11 is 0. The van der Waals surface area contributed by atoms with Crippen molar-refractivity contribution in [1.82, 2.24) is 4.90 Å². The van der Waals surface area contributed by atoms with Gasteiger partial charge in [0.25, 0.3) is 0 Å². The fourth-order valence-electron chi connectivity index (χ4n) is 2.51. The van der Waals surface area contributed by atoms with Crippen LogP contribution in [0.4, 0.5) is 4.39 Å². The topological polar surface area (TPSA) is 62.3 Å². The number of benzene rings is 1. The van der Waals surface area contributed by atoms with Gasteiger partial charge in [-0.2, -0.15) is 5.26 Å². The number of nitrogens with two attached hydrogens (primary N) is 1. The van der Waals surface area contributed by atoms with Crippen LogP contribution in [0.15, 0.2) is 24.3 Å². The van der Waals surface area contributed by atoms with E-state index in [1.807, 2.05) is 6.92 Å². The Labute approximate surface area is 112 Å². The summed E-state index contributed by atoms with van der Waals surface area (Å²) in [5, 5.41) is 8.95. The summed E-state index contributed by atoms with van der Waals surface area (Å²) in [5.74, 6) is -0.260. The van der Waals surface area contributed by atoms with Gasteiger partial charge in [0.2, 0.25) is 0 Å². The first-order valence-electron chi connectivity index (χ1n) is 6.38. The highest BCUT2D eigenvalue weighted by atomic mass is 19.1. The van der Waals surface area contributed by atoms with Gasteiger partial charge in [-0.3, -0.25) is 4.90 Å². The van der Waals surface area contributed by atoms with Crippen molar-refractivity contribution in [2.45, 2.75) is 25.1 Å². The van der Waals surface area contributed by atoms with E-state index in [0.717, 1.165) is 12.1 Å². The number of rotatable bonds is 3. The molecule has 0 amide bonds. The molecule has 1 heterocycles. The smallest absolute Gasteiger partial charge is 0.156 e. The average Bonchev–Trinajstić information content (AvgIpc) is 2.41. The number of hydrogen-bond donors (Lipinski definition) is 1. The van der Waals surface area contributed by atoms with E-state index < -0.39 is 6.10 Å². The molecule has 1 fully saturated rings. The molecule has 1 aromatic carbocycles. The third-order valence-corrected chi connectivity index (χ3v) is 3.34. The number of ether oxygens (including phenoxy) is 1. The Bertz CT molecular complexity index is 455. The van der Waals surface area contributed by atoms with Crippen molar-refractivity contribution in [2.24, 2.45) is 5.73 Å². The lowest BCUT2D eigenvalue weighted by Crippen LogP contribution is -2.48. The van der Waals surface area contributed by atoms with Gasteiger partial charge in [-0.25, -0.2) is 4.39 Å². The fourth-order valence-corrected chi connectivity index (χ4v) is 2.51. The van der Waals surface area contributed by atoms with Crippen molar-refractivity contribution in [3.05, 3.63) is 35.6 Å². The largest absolute Gasteiger partial charge is 0.361 e. The van der Waals surface area contributed by atoms with Crippen LogP contribution in [0.25, 0.3) is 0 Å². The quantitative estimate of drug-likeness (QED) is 0.896. The molecule has 4 nitrogen and oxygen atoms in total. The Morgan fingerprint density at radius 1 is 1.47 bits per heavy atom. The van der Waals surface area contributed by atoms with Crippen LogP contribution in [0.1, 0.15) is 18.5 Å². The first kappa shape index (κ1) is 13.9. The van der Waals surface area contributed by atoms with Gasteiger partial charge in [0.15, 0.2) is 6.10 Å². The van der Waals surface area contributed by atoms with Gasteiger partial charge < -0.3 is 10.5 Å². The predicted molar refractivity (Wildman–Crippen MR) is 69.7 cm³/mol. The maximum Gasteiger partial charge on any atom is 0.156 e. The SMILES string of the molecule is CC(N)C(c1ccc(F)cc1)N1CCOC(C#N)C1. The summed E-state index contributed by atoms with van der Waals surface area (Å²) in [7, 11) is 0. The number of hydrogen-bond acceptors (Lipinski definition) is 4. The maximum atomic E-state index is 13.0. The zero-order valence-corrected chi connectivity index (χ0v) is 10.9. The first-order chi connectivity index (χ1) is 9.11. The molecular weight excluding hydrogens is 245 g/mol. The molecule has 0 radical (unpaired) electrons. The minimum atomic E-state index is -0.421. The Morgan fingerprint density at radius 3 is 2.74 bits per heavy atom. The molecule has 0 bridgehead atoms. The Kier molecular flexibility index (Phi) is 4.48. The van der Waals surface area contributed by atoms with E-state index in [9.17, 15) is 4.39 Å². The van der Waals surface area contributed by atoms with E-state index in [4.69, 9.17) is 15.7 Å². The Morgan fingerprint density at radius 2 is 2.16 bits per heavy atom. The minimum absolute atomic E-state index is 0.0275. The summed E-state index contributed by atoms with van der Waals surface area (Å²) < 4.78 is 18.3. The minimum Gasteiger partial charge on any atom is -0.361 e. The molecule has 3 atom stereocenters. The number of halogens is 1. The second kappa shape index (κ2) is 6.11. The van der Waals surface area contributed by atoms with Crippen LogP contribution in [-0.2, 0) is 4.74 Å². The zero-order valence-electron chi connectivity index (χ0n) is 10.9. The molecule has 3 unspecified atom stereocenters. The molecule has 1 aliphatic rings. The molecule has 0 aliphatic carbocycles. The summed E-state index contributed by atoms with van der Waals surface area (Å²) in [6, 6.07) is 8.36. The van der Waals surface area contributed by atoms with Gasteiger partial charge in [0.1, 0.15) is 5.82 Å². The van der Waals surface area contributed by atoms with Gasteiger partial charge in [-0.05, 0) is 24.6 Å². The number of morpholine rings is 1. The lowest BCUT2D eigenvalue weighted by Gasteiger charge is -2.38. The van der Waals surface area contributed by atoms with Crippen LogP contribution in [0, 0.1) is 17.1 Å². The summed E-state index contributed by atoms with van der Waals surface area (Å²) in [6.45, 7) is 3.69. The molecule has 1 aromatic rings. The highest BCUT2D eigenvalue weighted by molar-refractivity contribution is 5.22. The summed E-state index contributed by atoms with van der Waals surface area (Å²) in [4.78, 5) is 2.13. The lowest BCUT2D eigenvalue weighted by molar-refractivity contribution is -0.0210. The van der Waals surface area contributed by atoms with E-state index in [1.54, 1.807) is 12.1 Å². The predicted octanol–water partition coefficient (Wildman–Crippen LogP) is 1.44. The second-order valence-electron chi connectivity index (χ2n) is 4.84. The van der Waals surface area contributed by atoms with E-state index in [0.29, 0.717) is 13.2 Å². The number of nitrogens with zero attached hydrogens (tertiary/aromatic N) is 2. The molecule has 0 spiro atoms. The molecule has 0 saturated carbocycles. The van der Waals surface area contributed by atoms with Gasteiger partial charge >= 0.3 is 0 Å². The Hall–Kier alpha value is -1.48. The second-order valence-corrected chi connectivity index (χ2v) is 4.84. The van der Waals surface area contributed by atoms with Crippen molar-refractivity contribution in [2.75, 3.05) is 19.7 Å². The molecule has 0 aromatic heterocycles. The fraction of sp³-hybridized carbons (Fsp3) is 0.500. The van der Waals surface area contributed by atoms with Gasteiger partial charge in [-0.15, -0.1) is 0 Å². The average molecular weight is 263 g/mol. The molecule has 1 saturated heterocycles. The van der Waals surface area contributed by atoms with Crippen molar-refractivity contribution >= 4 is 0 Å². The van der Waals surface area contributed by atoms with Gasteiger partial charge in [-0.1, -0.05) is 12.1 Å². The summed E-state index contributed by atoms with van der Waals surface area (Å²) in [5.41, 5.74) is 7.03. The molecule has 5 heteroatoms. The van der Waals surface area contributed by atoms with Gasteiger partial charge in [0, 0.05) is 25.2 Å². The molecule has 2 rings (SSSR count). The highest BCUT2D eigenvalue weighted by Gasteiger charge is 2.29. The van der Waals surface area contributed by atoms with Crippen molar-refractivity contribution < 1.29 is 9.13 Å². The van der Waals surface area contributed by atoms with Crippen molar-refractivity contribution in [1.29, 1.82) is 5.26 Å². The van der Waals surface area contributed by atoms with E-state index in [1.165, 1.54) is 12.1 Å². The van der Waals surface area contributed by atoms with Crippen molar-refractivity contribution in [3.8, 4) is 6.07 Å². The van der Waals surface area contributed by atoms with Crippen LogP contribution in [0.5, 0.6) is 0 Å². The van der Waals surface area contributed by atoms with Gasteiger partial charge in [0.05, 0.1) is 12.7 Å². The number of nitriles is 1. The van der Waals surface area contributed by atoms with E-state index >= 15 is 0 Å². The van der Waals surface area contributed by atoms with E-state index in [-0.39, 0.29) is 17.9 Å². The van der Waals surface area contributed by atoms with E-state index in [2.05, 4.69) is 11.0 Å². The first-order valence-corrected chi connectivity index (χ1v) is 6.38. The standard InChI is InChI=1S/C14H18FN3O/c1-10(17)14(11-2-4-12(15)5-3-11)18-6-7-19-13(8-16)9-18/h2-5,10,13-14H,6-7,9,17H2,1H3. The van der Waals surface area contributed by atoms with Crippen LogP contribution in [-0.4, -0.2) is 36.7 Å². The Balaban J connectivity index is 2.20. The highest BCUT2D eigenvalue weighted by Crippen LogP contribution is 2.25. The molecule has 102 valence electrons. The zero-order chi connectivity index (χ0) is 13.8. The molecule has 2 N–H and O–H groups in total. The maximum absolute atomic E-state index is 13.0. The van der Waals surface area contributed by atoms with Crippen LogP contribution in [0.3, 0.4) is 0 Å². The molecular formula is C14H18FN3O. The monoisotopic (exact) mass is 263 g/mol. The van der Waals surface area contributed by atoms with Crippen molar-refractivity contribution in [3.63, 3.8) is 0 Å². The molecule has 1 aliphatic heterocycles. The lowest BCUT2D eigenvalue weighted by atomic mass is 9.98. The third kappa shape index (κ3) is 3.29. The van der Waals surface area contributed by atoms with Crippen LogP contribution in [0.2, 0.25) is 0 Å². The van der Waals surface area contributed by atoms with Crippen LogP contribution >= 0.6 is 0 Å².